The van der Waals surface area contributed by atoms with Gasteiger partial charge in [0.05, 0.1) is 12.5 Å². The smallest absolute Gasteiger partial charge is 0.228 e. The molecule has 1 N–H and O–H groups in total. The molecule has 2 aliphatic rings. The van der Waals surface area contributed by atoms with Gasteiger partial charge in [0.2, 0.25) is 5.91 Å². The number of aromatic nitrogens is 2. The first-order chi connectivity index (χ1) is 14.2. The molecule has 1 amide bonds. The van der Waals surface area contributed by atoms with E-state index in [4.69, 9.17) is 4.74 Å². The number of hydrogen-bond donors (Lipinski definition) is 1. The molecule has 6 nitrogen and oxygen atoms in total. The van der Waals surface area contributed by atoms with Crippen molar-refractivity contribution in [2.24, 2.45) is 0 Å². The lowest BCUT2D eigenvalue weighted by atomic mass is 10.0. The number of nitrogens with one attached hydrogen (secondary N) is 1. The van der Waals surface area contributed by atoms with Crippen molar-refractivity contribution in [3.8, 4) is 16.9 Å². The summed E-state index contributed by atoms with van der Waals surface area (Å²) in [4.78, 5) is 33.0. The van der Waals surface area contributed by atoms with Crippen LogP contribution in [0.3, 0.4) is 0 Å². The third-order valence-electron chi connectivity index (χ3n) is 5.55. The lowest BCUT2D eigenvalue weighted by molar-refractivity contribution is -0.122. The minimum absolute atomic E-state index is 0.0278. The summed E-state index contributed by atoms with van der Waals surface area (Å²) in [6, 6.07) is 13.4. The van der Waals surface area contributed by atoms with Crippen LogP contribution in [-0.2, 0) is 11.2 Å². The standard InChI is InChI=1S/C23H19N3O3/c27-21-9-20(18-5-1-2-6-19(18)21)23(28)26-12-16-8-14-4-3-7-17(22(14)29-16)15-10-24-13-25-11-15/h1-7,10-11,13,16,20H,8-9,12H2,(H,26,28). The van der Waals surface area contributed by atoms with Crippen LogP contribution in [-0.4, -0.2) is 34.3 Å². The van der Waals surface area contributed by atoms with E-state index in [0.29, 0.717) is 12.1 Å². The zero-order chi connectivity index (χ0) is 19.8. The summed E-state index contributed by atoms with van der Waals surface area (Å²) < 4.78 is 6.16. The van der Waals surface area contributed by atoms with Crippen LogP contribution in [0.5, 0.6) is 5.75 Å². The van der Waals surface area contributed by atoms with Gasteiger partial charge in [0.15, 0.2) is 5.78 Å². The number of carbonyl (C=O) groups is 2. The fourth-order valence-corrected chi connectivity index (χ4v) is 4.15. The Balaban J connectivity index is 1.27. The summed E-state index contributed by atoms with van der Waals surface area (Å²) in [5, 5.41) is 2.98. The van der Waals surface area contributed by atoms with Gasteiger partial charge in [0, 0.05) is 41.9 Å². The maximum absolute atomic E-state index is 12.7. The lowest BCUT2D eigenvalue weighted by Gasteiger charge is -2.16. The van der Waals surface area contributed by atoms with Gasteiger partial charge in [-0.05, 0) is 11.1 Å². The molecule has 0 saturated heterocycles. The minimum atomic E-state index is -0.417. The van der Waals surface area contributed by atoms with Gasteiger partial charge in [-0.3, -0.25) is 9.59 Å². The van der Waals surface area contributed by atoms with Crippen molar-refractivity contribution in [2.75, 3.05) is 6.54 Å². The van der Waals surface area contributed by atoms with Gasteiger partial charge in [-0.15, -0.1) is 0 Å². The van der Waals surface area contributed by atoms with Crippen LogP contribution < -0.4 is 10.1 Å². The fourth-order valence-electron chi connectivity index (χ4n) is 4.15. The number of fused-ring (bicyclic) bond motifs is 2. The third-order valence-corrected chi connectivity index (χ3v) is 5.55. The Hall–Kier alpha value is -3.54. The number of para-hydroxylation sites is 1. The van der Waals surface area contributed by atoms with Crippen molar-refractivity contribution >= 4 is 11.7 Å². The minimum Gasteiger partial charge on any atom is -0.487 e. The molecule has 144 valence electrons. The van der Waals surface area contributed by atoms with E-state index in [1.54, 1.807) is 18.5 Å². The van der Waals surface area contributed by atoms with Crippen molar-refractivity contribution in [1.82, 2.24) is 15.3 Å². The molecule has 0 saturated carbocycles. The molecule has 1 aliphatic carbocycles. The fraction of sp³-hybridized carbons (Fsp3) is 0.217. The first-order valence-electron chi connectivity index (χ1n) is 9.64. The van der Waals surface area contributed by atoms with E-state index in [-0.39, 0.29) is 24.2 Å². The van der Waals surface area contributed by atoms with Gasteiger partial charge in [-0.2, -0.15) is 0 Å². The van der Waals surface area contributed by atoms with E-state index in [1.165, 1.54) is 6.33 Å². The number of rotatable bonds is 4. The Labute approximate surface area is 168 Å². The zero-order valence-corrected chi connectivity index (χ0v) is 15.7. The Morgan fingerprint density at radius 2 is 1.83 bits per heavy atom. The van der Waals surface area contributed by atoms with Crippen LogP contribution in [0.15, 0.2) is 61.2 Å². The second kappa shape index (κ2) is 7.13. The lowest BCUT2D eigenvalue weighted by Crippen LogP contribution is -2.37. The molecule has 3 aromatic rings. The second-order valence-corrected chi connectivity index (χ2v) is 7.38. The molecular weight excluding hydrogens is 366 g/mol. The molecule has 2 heterocycles. The van der Waals surface area contributed by atoms with E-state index in [0.717, 1.165) is 34.4 Å². The third kappa shape index (κ3) is 3.16. The van der Waals surface area contributed by atoms with Gasteiger partial charge in [-0.1, -0.05) is 42.5 Å². The Bertz CT molecular complexity index is 1100. The average molecular weight is 385 g/mol. The van der Waals surface area contributed by atoms with Crippen LogP contribution in [0.25, 0.3) is 11.1 Å². The topological polar surface area (TPSA) is 81.2 Å². The molecule has 1 aliphatic heterocycles. The maximum atomic E-state index is 12.7. The van der Waals surface area contributed by atoms with E-state index < -0.39 is 5.92 Å². The van der Waals surface area contributed by atoms with Crippen LogP contribution in [0.4, 0.5) is 0 Å². The predicted octanol–water partition coefficient (Wildman–Crippen LogP) is 2.93. The molecule has 5 rings (SSSR count). The summed E-state index contributed by atoms with van der Waals surface area (Å²) in [5.74, 6) is 0.307. The Kier molecular flexibility index (Phi) is 4.31. The highest BCUT2D eigenvalue weighted by atomic mass is 16.5. The van der Waals surface area contributed by atoms with Crippen LogP contribution in [0, 0.1) is 0 Å². The SMILES string of the molecule is O=C1CC(C(=O)NCC2Cc3cccc(-c4cncnc4)c3O2)c2ccccc21. The van der Waals surface area contributed by atoms with E-state index in [9.17, 15) is 9.59 Å². The summed E-state index contributed by atoms with van der Waals surface area (Å²) >= 11 is 0. The van der Waals surface area contributed by atoms with Gasteiger partial charge >= 0.3 is 0 Å². The van der Waals surface area contributed by atoms with Gasteiger partial charge in [0.25, 0.3) is 0 Å². The molecule has 0 spiro atoms. The van der Waals surface area contributed by atoms with Crippen molar-refractivity contribution in [1.29, 1.82) is 0 Å². The number of carbonyl (C=O) groups excluding carboxylic acids is 2. The van der Waals surface area contributed by atoms with Gasteiger partial charge in [0.1, 0.15) is 18.2 Å². The molecule has 1 aromatic heterocycles. The average Bonchev–Trinajstić information content (AvgIpc) is 3.34. The normalized spacial score (nSPS) is 19.4. The molecule has 29 heavy (non-hydrogen) atoms. The Morgan fingerprint density at radius 1 is 1.03 bits per heavy atom. The largest absolute Gasteiger partial charge is 0.487 e. The molecule has 2 atom stereocenters. The van der Waals surface area contributed by atoms with Gasteiger partial charge < -0.3 is 10.1 Å². The zero-order valence-electron chi connectivity index (χ0n) is 15.7. The quantitative estimate of drug-likeness (QED) is 0.747. The second-order valence-electron chi connectivity index (χ2n) is 7.38. The molecular formula is C23H19N3O3. The van der Waals surface area contributed by atoms with Crippen LogP contribution in [0.2, 0.25) is 0 Å². The van der Waals surface area contributed by atoms with Crippen LogP contribution >= 0.6 is 0 Å². The predicted molar refractivity (Wildman–Crippen MR) is 107 cm³/mol. The molecule has 2 unspecified atom stereocenters. The number of ketones is 1. The maximum Gasteiger partial charge on any atom is 0.228 e. The summed E-state index contributed by atoms with van der Waals surface area (Å²) in [6.07, 6.45) is 5.82. The highest BCUT2D eigenvalue weighted by Crippen LogP contribution is 2.38. The number of amides is 1. The molecule has 2 aromatic carbocycles. The van der Waals surface area contributed by atoms with E-state index in [2.05, 4.69) is 15.3 Å². The van der Waals surface area contributed by atoms with Crippen molar-refractivity contribution in [2.45, 2.75) is 24.9 Å². The Morgan fingerprint density at radius 3 is 2.69 bits per heavy atom. The van der Waals surface area contributed by atoms with Gasteiger partial charge in [-0.25, -0.2) is 9.97 Å². The number of nitrogens with zero attached hydrogens (tertiary/aromatic N) is 2. The summed E-state index contributed by atoms with van der Waals surface area (Å²) in [6.45, 7) is 0.394. The highest BCUT2D eigenvalue weighted by Gasteiger charge is 2.34. The monoisotopic (exact) mass is 385 g/mol. The number of benzene rings is 2. The molecule has 0 radical (unpaired) electrons. The molecule has 6 heteroatoms. The molecule has 0 bridgehead atoms. The summed E-state index contributed by atoms with van der Waals surface area (Å²) in [7, 11) is 0. The van der Waals surface area contributed by atoms with Crippen LogP contribution in [0.1, 0.15) is 33.8 Å². The van der Waals surface area contributed by atoms with Crippen molar-refractivity contribution < 1.29 is 14.3 Å². The number of ether oxygens (including phenoxy) is 1. The molecule has 0 fully saturated rings. The number of Topliss-reactive ketones (excluding diaryl/α,β-unsaturated/α-hetero) is 1. The summed E-state index contributed by atoms with van der Waals surface area (Å²) in [5.41, 5.74) is 4.43. The van der Waals surface area contributed by atoms with E-state index in [1.807, 2.05) is 36.4 Å². The number of hydrogen-bond acceptors (Lipinski definition) is 5. The van der Waals surface area contributed by atoms with Crippen molar-refractivity contribution in [3.63, 3.8) is 0 Å². The highest BCUT2D eigenvalue weighted by molar-refractivity contribution is 6.06. The first-order valence-corrected chi connectivity index (χ1v) is 9.64. The first kappa shape index (κ1) is 17.6. The van der Waals surface area contributed by atoms with E-state index >= 15 is 0 Å². The van der Waals surface area contributed by atoms with Crippen molar-refractivity contribution in [3.05, 3.63) is 77.9 Å².